The van der Waals surface area contributed by atoms with Gasteiger partial charge in [0.15, 0.2) is 5.96 Å². The molecule has 1 atom stereocenters. The Labute approximate surface area is 201 Å². The van der Waals surface area contributed by atoms with E-state index in [4.69, 9.17) is 16.3 Å². The number of methoxy groups -OCH3 is 1. The van der Waals surface area contributed by atoms with Crippen molar-refractivity contribution in [3.05, 3.63) is 70.2 Å². The highest BCUT2D eigenvalue weighted by Crippen LogP contribution is 2.19. The summed E-state index contributed by atoms with van der Waals surface area (Å²) in [6.45, 7) is 1.25. The Morgan fingerprint density at radius 1 is 1.17 bits per heavy atom. The second-order valence-corrected chi connectivity index (χ2v) is 7.25. The fourth-order valence-corrected chi connectivity index (χ4v) is 3.10. The number of hydrogen-bond acceptors (Lipinski definition) is 3. The molecule has 2 aromatic rings. The van der Waals surface area contributed by atoms with Gasteiger partial charge in [-0.2, -0.15) is 0 Å². The standard InChI is InChI=1S/C22H29ClN4O2.HI/c1-24-22(26-15-20(29-4)17-8-6-10-19(23)14-17)25-12-11-16-7-5-9-18(13-16)21(28)27(2)3;/h5-10,13-14,20H,11-12,15H2,1-4H3,(H2,24,25,26);1H. The molecule has 0 aliphatic carbocycles. The van der Waals surface area contributed by atoms with Crippen molar-refractivity contribution in [2.75, 3.05) is 41.3 Å². The molecule has 2 aromatic carbocycles. The Bertz CT molecular complexity index is 845. The van der Waals surface area contributed by atoms with Crippen LogP contribution in [-0.4, -0.2) is 58.1 Å². The quantitative estimate of drug-likeness (QED) is 0.302. The third-order valence-electron chi connectivity index (χ3n) is 4.47. The minimum Gasteiger partial charge on any atom is -0.375 e. The Morgan fingerprint density at radius 3 is 2.53 bits per heavy atom. The zero-order valence-corrected chi connectivity index (χ0v) is 20.9. The van der Waals surface area contributed by atoms with E-state index in [1.807, 2.05) is 48.5 Å². The van der Waals surface area contributed by atoms with Crippen molar-refractivity contribution in [1.29, 1.82) is 0 Å². The zero-order valence-electron chi connectivity index (χ0n) is 17.8. The lowest BCUT2D eigenvalue weighted by molar-refractivity contribution is 0.0827. The molecular weight excluding hydrogens is 515 g/mol. The normalized spacial score (nSPS) is 12.0. The largest absolute Gasteiger partial charge is 0.375 e. The van der Waals surface area contributed by atoms with Gasteiger partial charge < -0.3 is 20.3 Å². The van der Waals surface area contributed by atoms with Gasteiger partial charge >= 0.3 is 0 Å². The van der Waals surface area contributed by atoms with Gasteiger partial charge in [-0.25, -0.2) is 0 Å². The molecule has 0 aliphatic heterocycles. The molecule has 0 heterocycles. The van der Waals surface area contributed by atoms with E-state index < -0.39 is 0 Å². The van der Waals surface area contributed by atoms with Crippen LogP contribution in [-0.2, 0) is 11.2 Å². The van der Waals surface area contributed by atoms with Crippen molar-refractivity contribution in [3.63, 3.8) is 0 Å². The Kier molecular flexibility index (Phi) is 11.8. The van der Waals surface area contributed by atoms with Gasteiger partial charge in [0.2, 0.25) is 0 Å². The number of carbonyl (C=O) groups excluding carboxylic acids is 1. The van der Waals surface area contributed by atoms with Crippen LogP contribution >= 0.6 is 35.6 Å². The summed E-state index contributed by atoms with van der Waals surface area (Å²) in [5.74, 6) is 0.693. The number of aliphatic imine (C=N–C) groups is 1. The molecule has 1 unspecified atom stereocenters. The summed E-state index contributed by atoms with van der Waals surface area (Å²) < 4.78 is 5.58. The van der Waals surface area contributed by atoms with Crippen LogP contribution in [0.3, 0.4) is 0 Å². The summed E-state index contributed by atoms with van der Waals surface area (Å²) in [6, 6.07) is 15.3. The third kappa shape index (κ3) is 8.12. The predicted molar refractivity (Wildman–Crippen MR) is 134 cm³/mol. The van der Waals surface area contributed by atoms with Crippen molar-refractivity contribution in [1.82, 2.24) is 15.5 Å². The van der Waals surface area contributed by atoms with Crippen molar-refractivity contribution in [2.45, 2.75) is 12.5 Å². The molecule has 30 heavy (non-hydrogen) atoms. The Balaban J connectivity index is 0.00000450. The summed E-state index contributed by atoms with van der Waals surface area (Å²) in [4.78, 5) is 17.9. The molecule has 2 N–H and O–H groups in total. The number of carbonyl (C=O) groups is 1. The summed E-state index contributed by atoms with van der Waals surface area (Å²) >= 11 is 6.07. The van der Waals surface area contributed by atoms with Gasteiger partial charge in [0.05, 0.1) is 6.10 Å². The van der Waals surface area contributed by atoms with Crippen LogP contribution in [0.5, 0.6) is 0 Å². The number of amides is 1. The fraction of sp³-hybridized carbons (Fsp3) is 0.364. The van der Waals surface area contributed by atoms with E-state index in [0.717, 1.165) is 17.5 Å². The van der Waals surface area contributed by atoms with Gasteiger partial charge in [-0.05, 0) is 41.8 Å². The topological polar surface area (TPSA) is 66.0 Å². The molecule has 0 spiro atoms. The fourth-order valence-electron chi connectivity index (χ4n) is 2.90. The monoisotopic (exact) mass is 544 g/mol. The smallest absolute Gasteiger partial charge is 0.253 e. The van der Waals surface area contributed by atoms with Crippen LogP contribution in [0, 0.1) is 0 Å². The molecule has 8 heteroatoms. The maximum Gasteiger partial charge on any atom is 0.253 e. The summed E-state index contributed by atoms with van der Waals surface area (Å²) in [7, 11) is 6.91. The van der Waals surface area contributed by atoms with Gasteiger partial charge in [-0.15, -0.1) is 24.0 Å². The molecule has 164 valence electrons. The highest BCUT2D eigenvalue weighted by molar-refractivity contribution is 14.0. The van der Waals surface area contributed by atoms with Crippen LogP contribution in [0.25, 0.3) is 0 Å². The number of rotatable bonds is 8. The van der Waals surface area contributed by atoms with Crippen LogP contribution in [0.1, 0.15) is 27.6 Å². The maximum atomic E-state index is 12.1. The third-order valence-corrected chi connectivity index (χ3v) is 4.70. The van der Waals surface area contributed by atoms with Crippen LogP contribution in [0.15, 0.2) is 53.5 Å². The molecule has 0 saturated carbocycles. The van der Waals surface area contributed by atoms with E-state index in [1.165, 1.54) is 0 Å². The second-order valence-electron chi connectivity index (χ2n) is 6.81. The first-order valence-corrected chi connectivity index (χ1v) is 9.85. The lowest BCUT2D eigenvalue weighted by Gasteiger charge is -2.19. The SMILES string of the molecule is CN=C(NCCc1cccc(C(=O)N(C)C)c1)NCC(OC)c1cccc(Cl)c1.I. The zero-order chi connectivity index (χ0) is 21.2. The van der Waals surface area contributed by atoms with Crippen LogP contribution < -0.4 is 10.6 Å². The van der Waals surface area contributed by atoms with E-state index in [0.29, 0.717) is 29.6 Å². The molecule has 0 radical (unpaired) electrons. The molecule has 6 nitrogen and oxygen atoms in total. The van der Waals surface area contributed by atoms with E-state index in [-0.39, 0.29) is 36.0 Å². The number of halogens is 2. The van der Waals surface area contributed by atoms with Crippen LogP contribution in [0.2, 0.25) is 5.02 Å². The van der Waals surface area contributed by atoms with Crippen LogP contribution in [0.4, 0.5) is 0 Å². The van der Waals surface area contributed by atoms with Gasteiger partial charge in [-0.3, -0.25) is 9.79 Å². The molecule has 0 fully saturated rings. The van der Waals surface area contributed by atoms with Gasteiger partial charge in [-0.1, -0.05) is 35.9 Å². The average Bonchev–Trinajstić information content (AvgIpc) is 2.72. The number of guanidine groups is 1. The van der Waals surface area contributed by atoms with Crippen molar-refractivity contribution in [2.24, 2.45) is 4.99 Å². The summed E-state index contributed by atoms with van der Waals surface area (Å²) in [6.07, 6.45) is 0.637. The lowest BCUT2D eigenvalue weighted by atomic mass is 10.1. The maximum absolute atomic E-state index is 12.1. The van der Waals surface area contributed by atoms with Crippen molar-refractivity contribution < 1.29 is 9.53 Å². The molecule has 0 aliphatic rings. The van der Waals surface area contributed by atoms with E-state index in [1.54, 1.807) is 33.2 Å². The molecule has 0 saturated heterocycles. The van der Waals surface area contributed by atoms with E-state index >= 15 is 0 Å². The first-order valence-electron chi connectivity index (χ1n) is 9.48. The van der Waals surface area contributed by atoms with Gasteiger partial charge in [0.25, 0.3) is 5.91 Å². The number of nitrogens with one attached hydrogen (secondary N) is 2. The number of benzene rings is 2. The molecule has 0 aromatic heterocycles. The molecular formula is C22H30ClIN4O2. The highest BCUT2D eigenvalue weighted by Gasteiger charge is 2.12. The number of ether oxygens (including phenoxy) is 1. The van der Waals surface area contributed by atoms with Gasteiger partial charge in [0, 0.05) is 51.9 Å². The molecule has 0 bridgehead atoms. The van der Waals surface area contributed by atoms with Crippen molar-refractivity contribution in [3.8, 4) is 0 Å². The van der Waals surface area contributed by atoms with Gasteiger partial charge in [0.1, 0.15) is 0 Å². The van der Waals surface area contributed by atoms with E-state index in [9.17, 15) is 4.79 Å². The Morgan fingerprint density at radius 2 is 1.90 bits per heavy atom. The predicted octanol–water partition coefficient (Wildman–Crippen LogP) is 3.76. The minimum atomic E-state index is -0.138. The van der Waals surface area contributed by atoms with E-state index in [2.05, 4.69) is 15.6 Å². The molecule has 2 rings (SSSR count). The highest BCUT2D eigenvalue weighted by atomic mass is 127. The Hall–Kier alpha value is -1.84. The first-order chi connectivity index (χ1) is 13.9. The summed E-state index contributed by atoms with van der Waals surface area (Å²) in [5, 5.41) is 7.26. The minimum absolute atomic E-state index is 0. The second kappa shape index (κ2) is 13.5. The lowest BCUT2D eigenvalue weighted by Crippen LogP contribution is -2.40. The first kappa shape index (κ1) is 26.2. The van der Waals surface area contributed by atoms with Crippen molar-refractivity contribution >= 4 is 47.4 Å². The summed E-state index contributed by atoms with van der Waals surface area (Å²) in [5.41, 5.74) is 2.79. The average molecular weight is 545 g/mol. The molecule has 1 amide bonds. The number of hydrogen-bond donors (Lipinski definition) is 2. The number of nitrogens with zero attached hydrogens (tertiary/aromatic N) is 2.